The topological polar surface area (TPSA) is 55.6 Å². The summed E-state index contributed by atoms with van der Waals surface area (Å²) in [6.45, 7) is 1.63. The van der Waals surface area contributed by atoms with Gasteiger partial charge in [0, 0.05) is 18.1 Å². The van der Waals surface area contributed by atoms with Gasteiger partial charge in [0.2, 0.25) is 0 Å². The highest BCUT2D eigenvalue weighted by Gasteiger charge is 2.26. The van der Waals surface area contributed by atoms with Gasteiger partial charge in [0.05, 0.1) is 6.04 Å². The van der Waals surface area contributed by atoms with Crippen molar-refractivity contribution in [1.29, 1.82) is 0 Å². The molecule has 1 saturated heterocycles. The smallest absolute Gasteiger partial charge is 0.256 e. The molecule has 0 amide bonds. The molecule has 0 unspecified atom stereocenters. The minimum atomic E-state index is 0.312. The average molecular weight is 345 g/mol. The largest absolute Gasteiger partial charge is 0.491 e. The number of benzene rings is 2. The van der Waals surface area contributed by atoms with Crippen LogP contribution in [0.1, 0.15) is 12.8 Å². The molecule has 2 aromatic carbocycles. The number of aromatic nitrogens is 4. The second-order valence-electron chi connectivity index (χ2n) is 6.60. The highest BCUT2D eigenvalue weighted by molar-refractivity contribution is 5.88. The predicted molar refractivity (Wildman–Crippen MR) is 101 cm³/mol. The van der Waals surface area contributed by atoms with Crippen molar-refractivity contribution in [1.82, 2.24) is 19.6 Å². The van der Waals surface area contributed by atoms with Gasteiger partial charge in [-0.3, -0.25) is 4.40 Å². The summed E-state index contributed by atoms with van der Waals surface area (Å²) in [4.78, 5) is 6.95. The lowest BCUT2D eigenvalue weighted by atomic mass is 10.1. The minimum Gasteiger partial charge on any atom is -0.491 e. The monoisotopic (exact) mass is 345 g/mol. The molecule has 6 heteroatoms. The molecule has 0 saturated carbocycles. The molecule has 1 aliphatic heterocycles. The SMILES string of the molecule is c1ccc2c(OC[C@H]3CCCN3c3ccn4cnnc4n3)cccc2c1. The lowest BCUT2D eigenvalue weighted by molar-refractivity contribution is 0.291. The van der Waals surface area contributed by atoms with Gasteiger partial charge in [0.25, 0.3) is 5.78 Å². The third-order valence-electron chi connectivity index (χ3n) is 5.01. The van der Waals surface area contributed by atoms with E-state index in [4.69, 9.17) is 4.74 Å². The van der Waals surface area contributed by atoms with E-state index < -0.39 is 0 Å². The first-order chi connectivity index (χ1) is 12.9. The van der Waals surface area contributed by atoms with E-state index in [1.807, 2.05) is 28.8 Å². The number of hydrogen-bond donors (Lipinski definition) is 0. The molecule has 1 fully saturated rings. The van der Waals surface area contributed by atoms with Crippen LogP contribution < -0.4 is 9.64 Å². The molecule has 0 bridgehead atoms. The van der Waals surface area contributed by atoms with Crippen LogP contribution in [-0.4, -0.2) is 38.8 Å². The quantitative estimate of drug-likeness (QED) is 0.568. The summed E-state index contributed by atoms with van der Waals surface area (Å²) in [5.41, 5.74) is 0. The van der Waals surface area contributed by atoms with Gasteiger partial charge >= 0.3 is 0 Å². The Hall–Kier alpha value is -3.15. The molecule has 0 spiro atoms. The van der Waals surface area contributed by atoms with Gasteiger partial charge in [-0.05, 0) is 30.4 Å². The van der Waals surface area contributed by atoms with Crippen LogP contribution in [0.15, 0.2) is 61.1 Å². The molecule has 6 nitrogen and oxygen atoms in total. The molecule has 0 N–H and O–H groups in total. The van der Waals surface area contributed by atoms with Crippen LogP contribution in [-0.2, 0) is 0 Å². The Morgan fingerprint density at radius 2 is 2.00 bits per heavy atom. The summed E-state index contributed by atoms with van der Waals surface area (Å²) in [5.74, 6) is 2.51. The highest BCUT2D eigenvalue weighted by atomic mass is 16.5. The fourth-order valence-electron chi connectivity index (χ4n) is 3.69. The molecule has 4 aromatic rings. The first-order valence-corrected chi connectivity index (χ1v) is 8.92. The maximum atomic E-state index is 6.22. The van der Waals surface area contributed by atoms with E-state index >= 15 is 0 Å². The molecule has 1 atom stereocenters. The maximum absolute atomic E-state index is 6.22. The van der Waals surface area contributed by atoms with E-state index in [9.17, 15) is 0 Å². The number of hydrogen-bond acceptors (Lipinski definition) is 5. The lowest BCUT2D eigenvalue weighted by Crippen LogP contribution is -2.34. The molecule has 0 radical (unpaired) electrons. The van der Waals surface area contributed by atoms with Crippen molar-refractivity contribution in [3.8, 4) is 5.75 Å². The molecule has 3 heterocycles. The van der Waals surface area contributed by atoms with Gasteiger partial charge in [-0.15, -0.1) is 10.2 Å². The molecular weight excluding hydrogens is 326 g/mol. The standard InChI is InChI=1S/C20H19N5O/c1-2-8-17-15(5-1)6-3-9-18(17)26-13-16-7-4-11-25(16)19-10-12-24-14-21-23-20(24)22-19/h1-3,5-6,8-10,12,14,16H,4,7,11,13H2/t16-/m1/s1. The predicted octanol–water partition coefficient (Wildman–Crippen LogP) is 3.33. The van der Waals surface area contributed by atoms with Crippen molar-refractivity contribution in [2.75, 3.05) is 18.1 Å². The highest BCUT2D eigenvalue weighted by Crippen LogP contribution is 2.28. The summed E-state index contributed by atoms with van der Waals surface area (Å²) < 4.78 is 8.05. The summed E-state index contributed by atoms with van der Waals surface area (Å²) in [6, 6.07) is 16.9. The van der Waals surface area contributed by atoms with E-state index in [0.717, 1.165) is 36.3 Å². The second-order valence-corrected chi connectivity index (χ2v) is 6.60. The number of fused-ring (bicyclic) bond motifs is 2. The van der Waals surface area contributed by atoms with Crippen molar-refractivity contribution in [3.05, 3.63) is 61.1 Å². The van der Waals surface area contributed by atoms with Crippen LogP contribution >= 0.6 is 0 Å². The van der Waals surface area contributed by atoms with Crippen LogP contribution in [0.2, 0.25) is 0 Å². The van der Waals surface area contributed by atoms with Crippen molar-refractivity contribution < 1.29 is 4.74 Å². The minimum absolute atomic E-state index is 0.312. The molecule has 1 aliphatic rings. The van der Waals surface area contributed by atoms with Crippen LogP contribution in [0.4, 0.5) is 5.82 Å². The summed E-state index contributed by atoms with van der Waals surface area (Å²) in [6.07, 6.45) is 5.86. The normalized spacial score (nSPS) is 17.2. The number of rotatable bonds is 4. The van der Waals surface area contributed by atoms with Crippen molar-refractivity contribution in [2.45, 2.75) is 18.9 Å². The summed E-state index contributed by atoms with van der Waals surface area (Å²) in [5, 5.41) is 10.3. The van der Waals surface area contributed by atoms with Gasteiger partial charge in [-0.25, -0.2) is 0 Å². The van der Waals surface area contributed by atoms with Gasteiger partial charge in [-0.2, -0.15) is 4.98 Å². The zero-order valence-electron chi connectivity index (χ0n) is 14.3. The molecule has 2 aromatic heterocycles. The van der Waals surface area contributed by atoms with Crippen molar-refractivity contribution in [2.24, 2.45) is 0 Å². The average Bonchev–Trinajstić information content (AvgIpc) is 3.34. The lowest BCUT2D eigenvalue weighted by Gasteiger charge is -2.26. The Kier molecular flexibility index (Phi) is 3.66. The van der Waals surface area contributed by atoms with Gasteiger partial charge < -0.3 is 9.64 Å². The Morgan fingerprint density at radius 1 is 1.08 bits per heavy atom. The number of anilines is 1. The molecule has 26 heavy (non-hydrogen) atoms. The number of ether oxygens (including phenoxy) is 1. The zero-order chi connectivity index (χ0) is 17.3. The van der Waals surface area contributed by atoms with Crippen LogP contribution in [0.3, 0.4) is 0 Å². The van der Waals surface area contributed by atoms with E-state index in [0.29, 0.717) is 18.4 Å². The van der Waals surface area contributed by atoms with Crippen molar-refractivity contribution >= 4 is 22.4 Å². The molecule has 5 rings (SSSR count). The van der Waals surface area contributed by atoms with Gasteiger partial charge in [0.15, 0.2) is 0 Å². The van der Waals surface area contributed by atoms with Crippen LogP contribution in [0.25, 0.3) is 16.6 Å². The van der Waals surface area contributed by atoms with E-state index in [1.54, 1.807) is 6.33 Å². The first kappa shape index (κ1) is 15.1. The zero-order valence-corrected chi connectivity index (χ0v) is 14.3. The fourth-order valence-corrected chi connectivity index (χ4v) is 3.69. The van der Waals surface area contributed by atoms with E-state index in [2.05, 4.69) is 50.4 Å². The Bertz CT molecular complexity index is 1050. The number of nitrogens with zero attached hydrogens (tertiary/aromatic N) is 5. The van der Waals surface area contributed by atoms with Crippen molar-refractivity contribution in [3.63, 3.8) is 0 Å². The first-order valence-electron chi connectivity index (χ1n) is 8.92. The van der Waals surface area contributed by atoms with Gasteiger partial charge in [0.1, 0.15) is 24.5 Å². The Balaban J connectivity index is 1.37. The molecular formula is C20H19N5O. The Morgan fingerprint density at radius 3 is 3.00 bits per heavy atom. The van der Waals surface area contributed by atoms with E-state index in [-0.39, 0.29) is 0 Å². The third-order valence-corrected chi connectivity index (χ3v) is 5.01. The van der Waals surface area contributed by atoms with Crippen LogP contribution in [0, 0.1) is 0 Å². The summed E-state index contributed by atoms with van der Waals surface area (Å²) >= 11 is 0. The second kappa shape index (κ2) is 6.29. The maximum Gasteiger partial charge on any atom is 0.256 e. The fraction of sp³-hybridized carbons (Fsp3) is 0.250. The van der Waals surface area contributed by atoms with Gasteiger partial charge in [-0.1, -0.05) is 36.4 Å². The molecule has 130 valence electrons. The Labute approximate surface area is 151 Å². The third kappa shape index (κ3) is 2.63. The van der Waals surface area contributed by atoms with E-state index in [1.165, 1.54) is 5.39 Å². The molecule has 0 aliphatic carbocycles. The van der Waals surface area contributed by atoms with Crippen LogP contribution in [0.5, 0.6) is 5.75 Å². The summed E-state index contributed by atoms with van der Waals surface area (Å²) in [7, 11) is 0.